The summed E-state index contributed by atoms with van der Waals surface area (Å²) in [4.78, 5) is 17.4. The normalized spacial score (nSPS) is 21.7. The third-order valence-corrected chi connectivity index (χ3v) is 6.52. The fraction of sp³-hybridized carbons (Fsp3) is 0.480. The maximum atomic E-state index is 12.9. The quantitative estimate of drug-likeness (QED) is 0.643. The summed E-state index contributed by atoms with van der Waals surface area (Å²) in [6.07, 6.45) is 2.22. The third kappa shape index (κ3) is 4.81. The number of likely N-dealkylation sites (tertiary alicyclic amines) is 2. The minimum atomic E-state index is 0.120. The van der Waals surface area contributed by atoms with Gasteiger partial charge in [0.05, 0.1) is 6.61 Å². The van der Waals surface area contributed by atoms with Crippen molar-refractivity contribution in [2.75, 3.05) is 32.8 Å². The molecule has 1 spiro atoms. The number of benzene rings is 2. The molecule has 5 heteroatoms. The summed E-state index contributed by atoms with van der Waals surface area (Å²) in [6, 6.07) is 15.6. The third-order valence-electron chi connectivity index (χ3n) is 6.27. The average Bonchev–Trinajstić information content (AvgIpc) is 3.34. The Morgan fingerprint density at radius 2 is 1.80 bits per heavy atom. The maximum Gasteiger partial charge on any atom is 0.253 e. The first kappa shape index (κ1) is 21.2. The first-order valence-electron chi connectivity index (χ1n) is 10.9. The molecular weight excluding hydrogens is 396 g/mol. The Morgan fingerprint density at radius 3 is 2.57 bits per heavy atom. The van der Waals surface area contributed by atoms with Crippen molar-refractivity contribution in [3.05, 3.63) is 64.7 Å². The summed E-state index contributed by atoms with van der Waals surface area (Å²) >= 11 is 5.96. The molecule has 2 aromatic rings. The summed E-state index contributed by atoms with van der Waals surface area (Å²) in [5.74, 6) is 1.63. The summed E-state index contributed by atoms with van der Waals surface area (Å²) in [5.41, 5.74) is 2.19. The second-order valence-corrected chi connectivity index (χ2v) is 9.69. The molecule has 2 aromatic carbocycles. The molecule has 0 radical (unpaired) electrons. The molecule has 2 saturated heterocycles. The van der Waals surface area contributed by atoms with Crippen LogP contribution in [0.25, 0.3) is 0 Å². The van der Waals surface area contributed by atoms with Gasteiger partial charge < -0.3 is 9.64 Å². The predicted octanol–water partition coefficient (Wildman–Crippen LogP) is 5.11. The van der Waals surface area contributed by atoms with Crippen LogP contribution in [0.15, 0.2) is 48.5 Å². The average molecular weight is 427 g/mol. The number of hydrogen-bond donors (Lipinski definition) is 0. The fourth-order valence-corrected chi connectivity index (χ4v) is 4.78. The first-order valence-corrected chi connectivity index (χ1v) is 11.3. The van der Waals surface area contributed by atoms with E-state index in [4.69, 9.17) is 16.3 Å². The number of carbonyl (C=O) groups excluding carboxylic acids is 1. The second-order valence-electron chi connectivity index (χ2n) is 9.26. The van der Waals surface area contributed by atoms with Gasteiger partial charge in [-0.25, -0.2) is 0 Å². The Bertz CT molecular complexity index is 883. The number of ether oxygens (including phenoxy) is 1. The van der Waals surface area contributed by atoms with E-state index in [-0.39, 0.29) is 11.3 Å². The van der Waals surface area contributed by atoms with Gasteiger partial charge in [-0.05, 0) is 55.6 Å². The van der Waals surface area contributed by atoms with Gasteiger partial charge in [-0.2, -0.15) is 0 Å². The SMILES string of the molecule is CC(C)COc1ccccc1CN1CCC2(CCN(C(=O)c3ccc(Cl)cc3)C2)C1. The molecule has 160 valence electrons. The molecule has 1 atom stereocenters. The van der Waals surface area contributed by atoms with Gasteiger partial charge in [-0.15, -0.1) is 0 Å². The zero-order valence-corrected chi connectivity index (χ0v) is 18.7. The van der Waals surface area contributed by atoms with Crippen molar-refractivity contribution in [3.63, 3.8) is 0 Å². The highest BCUT2D eigenvalue weighted by molar-refractivity contribution is 6.30. The number of nitrogens with zero attached hydrogens (tertiary/aromatic N) is 2. The first-order chi connectivity index (χ1) is 14.4. The van der Waals surface area contributed by atoms with Crippen LogP contribution in [0.5, 0.6) is 5.75 Å². The van der Waals surface area contributed by atoms with Gasteiger partial charge in [0.1, 0.15) is 5.75 Å². The van der Waals surface area contributed by atoms with Crippen molar-refractivity contribution in [3.8, 4) is 5.75 Å². The largest absolute Gasteiger partial charge is 0.493 e. The van der Waals surface area contributed by atoms with E-state index < -0.39 is 0 Å². The van der Waals surface area contributed by atoms with Crippen LogP contribution in [-0.4, -0.2) is 48.5 Å². The highest BCUT2D eigenvalue weighted by atomic mass is 35.5. The van der Waals surface area contributed by atoms with Crippen molar-refractivity contribution in [2.45, 2.75) is 33.2 Å². The van der Waals surface area contributed by atoms with Gasteiger partial charge in [-0.3, -0.25) is 9.69 Å². The molecule has 1 amide bonds. The van der Waals surface area contributed by atoms with E-state index in [1.54, 1.807) is 12.1 Å². The molecule has 2 aliphatic rings. The summed E-state index contributed by atoms with van der Waals surface area (Å²) < 4.78 is 6.04. The Balaban J connectivity index is 1.37. The van der Waals surface area contributed by atoms with Crippen molar-refractivity contribution >= 4 is 17.5 Å². The molecule has 30 heavy (non-hydrogen) atoms. The minimum absolute atomic E-state index is 0.120. The van der Waals surface area contributed by atoms with Crippen LogP contribution in [0.2, 0.25) is 5.02 Å². The van der Waals surface area contributed by atoms with Crippen molar-refractivity contribution < 1.29 is 9.53 Å². The topological polar surface area (TPSA) is 32.8 Å². The zero-order chi connectivity index (χ0) is 21.1. The van der Waals surface area contributed by atoms with E-state index in [9.17, 15) is 4.79 Å². The van der Waals surface area contributed by atoms with Gasteiger partial charge in [0.25, 0.3) is 5.91 Å². The van der Waals surface area contributed by atoms with E-state index in [0.717, 1.165) is 63.5 Å². The van der Waals surface area contributed by atoms with E-state index in [2.05, 4.69) is 36.9 Å². The zero-order valence-electron chi connectivity index (χ0n) is 17.9. The number of para-hydroxylation sites is 1. The van der Waals surface area contributed by atoms with Crippen LogP contribution < -0.4 is 4.74 Å². The van der Waals surface area contributed by atoms with Crippen LogP contribution in [0, 0.1) is 11.3 Å². The minimum Gasteiger partial charge on any atom is -0.493 e. The van der Waals surface area contributed by atoms with Gasteiger partial charge >= 0.3 is 0 Å². The molecule has 4 rings (SSSR count). The lowest BCUT2D eigenvalue weighted by Gasteiger charge is -2.25. The van der Waals surface area contributed by atoms with Crippen LogP contribution >= 0.6 is 11.6 Å². The molecule has 0 aromatic heterocycles. The summed E-state index contributed by atoms with van der Waals surface area (Å²) in [5, 5.41) is 0.661. The van der Waals surface area contributed by atoms with E-state index in [1.807, 2.05) is 23.1 Å². The highest BCUT2D eigenvalue weighted by Gasteiger charge is 2.44. The Kier molecular flexibility index (Phi) is 6.35. The lowest BCUT2D eigenvalue weighted by Crippen LogP contribution is -2.34. The van der Waals surface area contributed by atoms with Gasteiger partial charge in [-0.1, -0.05) is 43.6 Å². The molecule has 2 heterocycles. The van der Waals surface area contributed by atoms with Gasteiger partial charge in [0, 0.05) is 47.7 Å². The fourth-order valence-electron chi connectivity index (χ4n) is 4.65. The number of hydrogen-bond acceptors (Lipinski definition) is 3. The number of amides is 1. The Labute approximate surface area is 184 Å². The smallest absolute Gasteiger partial charge is 0.253 e. The van der Waals surface area contributed by atoms with Crippen LogP contribution in [-0.2, 0) is 6.54 Å². The number of rotatable bonds is 6. The molecule has 0 saturated carbocycles. The van der Waals surface area contributed by atoms with Crippen molar-refractivity contribution in [1.82, 2.24) is 9.80 Å². The maximum absolute atomic E-state index is 12.9. The molecule has 1 unspecified atom stereocenters. The standard InChI is InChI=1S/C25H31ClN2O2/c1-19(2)16-30-23-6-4-3-5-21(23)15-27-13-11-25(17-27)12-14-28(18-25)24(29)20-7-9-22(26)10-8-20/h3-10,19H,11-18H2,1-2H3. The molecule has 2 aliphatic heterocycles. The Hall–Kier alpha value is -2.04. The molecule has 0 bridgehead atoms. The number of carbonyl (C=O) groups is 1. The lowest BCUT2D eigenvalue weighted by molar-refractivity contribution is 0.0773. The Morgan fingerprint density at radius 1 is 1.07 bits per heavy atom. The monoisotopic (exact) mass is 426 g/mol. The van der Waals surface area contributed by atoms with Gasteiger partial charge in [0.15, 0.2) is 0 Å². The van der Waals surface area contributed by atoms with E-state index in [1.165, 1.54) is 5.56 Å². The molecule has 0 aliphatic carbocycles. The number of halogens is 1. The summed E-state index contributed by atoms with van der Waals surface area (Å²) in [7, 11) is 0. The molecule has 4 nitrogen and oxygen atoms in total. The molecule has 0 N–H and O–H groups in total. The summed E-state index contributed by atoms with van der Waals surface area (Å²) in [6.45, 7) is 9.77. The lowest BCUT2D eigenvalue weighted by atomic mass is 9.86. The van der Waals surface area contributed by atoms with E-state index >= 15 is 0 Å². The van der Waals surface area contributed by atoms with Crippen LogP contribution in [0.1, 0.15) is 42.6 Å². The van der Waals surface area contributed by atoms with E-state index in [0.29, 0.717) is 10.9 Å². The molecule has 2 fully saturated rings. The van der Waals surface area contributed by atoms with Crippen LogP contribution in [0.3, 0.4) is 0 Å². The van der Waals surface area contributed by atoms with Gasteiger partial charge in [0.2, 0.25) is 0 Å². The molecular formula is C25H31ClN2O2. The highest BCUT2D eigenvalue weighted by Crippen LogP contribution is 2.40. The van der Waals surface area contributed by atoms with Crippen molar-refractivity contribution in [2.24, 2.45) is 11.3 Å². The predicted molar refractivity (Wildman–Crippen MR) is 121 cm³/mol. The van der Waals surface area contributed by atoms with Crippen LogP contribution in [0.4, 0.5) is 0 Å². The van der Waals surface area contributed by atoms with Crippen molar-refractivity contribution in [1.29, 1.82) is 0 Å². The second kappa shape index (κ2) is 8.99.